The SMILES string of the molecule is Cc1cc2c(oc3c(C#N)cccc32)c(-c2cccc[n+]2C)c1C. The van der Waals surface area contributed by atoms with E-state index < -0.39 is 0 Å². The lowest BCUT2D eigenvalue weighted by Gasteiger charge is -2.08. The fraction of sp³-hybridized carbons (Fsp3) is 0.143. The summed E-state index contributed by atoms with van der Waals surface area (Å²) in [6, 6.07) is 16.3. The number of hydrogen-bond acceptors (Lipinski definition) is 2. The van der Waals surface area contributed by atoms with E-state index in [1.54, 1.807) is 6.07 Å². The molecule has 4 rings (SSSR count). The molecule has 2 aromatic carbocycles. The second-order valence-corrected chi connectivity index (χ2v) is 6.16. The summed E-state index contributed by atoms with van der Waals surface area (Å²) in [4.78, 5) is 0. The summed E-state index contributed by atoms with van der Waals surface area (Å²) in [5, 5.41) is 11.4. The van der Waals surface area contributed by atoms with Gasteiger partial charge in [-0.2, -0.15) is 5.26 Å². The van der Waals surface area contributed by atoms with Gasteiger partial charge in [0.25, 0.3) is 0 Å². The van der Waals surface area contributed by atoms with E-state index in [0.717, 1.165) is 27.6 Å². The van der Waals surface area contributed by atoms with Crippen LogP contribution in [0, 0.1) is 25.2 Å². The first kappa shape index (κ1) is 14.5. The molecule has 0 saturated carbocycles. The minimum atomic E-state index is 0.572. The maximum absolute atomic E-state index is 9.39. The van der Waals surface area contributed by atoms with Crippen molar-refractivity contribution < 1.29 is 8.98 Å². The van der Waals surface area contributed by atoms with Gasteiger partial charge in [-0.15, -0.1) is 0 Å². The first-order valence-electron chi connectivity index (χ1n) is 7.92. The number of furan rings is 1. The van der Waals surface area contributed by atoms with Crippen LogP contribution in [-0.4, -0.2) is 0 Å². The Balaban J connectivity index is 2.23. The third-order valence-corrected chi connectivity index (χ3v) is 4.74. The molecule has 4 aromatic rings. The average molecular weight is 313 g/mol. The van der Waals surface area contributed by atoms with E-state index >= 15 is 0 Å². The molecule has 0 atom stereocenters. The van der Waals surface area contributed by atoms with Crippen molar-refractivity contribution in [2.45, 2.75) is 13.8 Å². The van der Waals surface area contributed by atoms with Gasteiger partial charge in [-0.3, -0.25) is 0 Å². The fourth-order valence-corrected chi connectivity index (χ4v) is 3.34. The van der Waals surface area contributed by atoms with Gasteiger partial charge < -0.3 is 4.42 Å². The highest BCUT2D eigenvalue weighted by molar-refractivity contribution is 6.11. The molecule has 0 bridgehead atoms. The molecule has 2 heterocycles. The molecule has 0 aliphatic rings. The van der Waals surface area contributed by atoms with Crippen LogP contribution in [0.25, 0.3) is 33.2 Å². The molecule has 0 fully saturated rings. The zero-order valence-electron chi connectivity index (χ0n) is 13.9. The highest BCUT2D eigenvalue weighted by Gasteiger charge is 2.22. The van der Waals surface area contributed by atoms with Crippen LogP contribution in [0.2, 0.25) is 0 Å². The van der Waals surface area contributed by atoms with Crippen LogP contribution in [0.4, 0.5) is 0 Å². The van der Waals surface area contributed by atoms with Crippen LogP contribution >= 0.6 is 0 Å². The van der Waals surface area contributed by atoms with Crippen molar-refractivity contribution in [2.24, 2.45) is 7.05 Å². The molecule has 0 aliphatic carbocycles. The lowest BCUT2D eigenvalue weighted by Crippen LogP contribution is -2.30. The van der Waals surface area contributed by atoms with Crippen molar-refractivity contribution in [3.63, 3.8) is 0 Å². The van der Waals surface area contributed by atoms with E-state index in [1.165, 1.54) is 11.1 Å². The normalized spacial score (nSPS) is 11.1. The third kappa shape index (κ3) is 1.93. The second kappa shape index (κ2) is 5.21. The Kier molecular flexibility index (Phi) is 3.14. The topological polar surface area (TPSA) is 40.8 Å². The summed E-state index contributed by atoms with van der Waals surface area (Å²) in [5.41, 5.74) is 6.68. The smallest absolute Gasteiger partial charge is 0.216 e. The molecule has 0 N–H and O–H groups in total. The van der Waals surface area contributed by atoms with Crippen LogP contribution in [0.3, 0.4) is 0 Å². The summed E-state index contributed by atoms with van der Waals surface area (Å²) in [6.45, 7) is 4.24. The van der Waals surface area contributed by atoms with Crippen LogP contribution < -0.4 is 4.57 Å². The van der Waals surface area contributed by atoms with Crippen LogP contribution in [0.5, 0.6) is 0 Å². The number of nitriles is 1. The van der Waals surface area contributed by atoms with E-state index in [1.807, 2.05) is 37.5 Å². The largest absolute Gasteiger partial charge is 0.454 e. The van der Waals surface area contributed by atoms with Crippen molar-refractivity contribution in [1.82, 2.24) is 0 Å². The molecule has 0 saturated heterocycles. The number of pyridine rings is 1. The molecule has 3 nitrogen and oxygen atoms in total. The zero-order chi connectivity index (χ0) is 16.8. The molecular weight excluding hydrogens is 296 g/mol. The molecule has 3 heteroatoms. The van der Waals surface area contributed by atoms with E-state index in [4.69, 9.17) is 4.42 Å². The van der Waals surface area contributed by atoms with Crippen molar-refractivity contribution in [1.29, 1.82) is 5.26 Å². The van der Waals surface area contributed by atoms with Crippen molar-refractivity contribution >= 4 is 21.9 Å². The number of benzene rings is 2. The predicted octanol–water partition coefficient (Wildman–Crippen LogP) is 4.57. The highest BCUT2D eigenvalue weighted by Crippen LogP contribution is 2.39. The van der Waals surface area contributed by atoms with Gasteiger partial charge in [0.1, 0.15) is 18.7 Å². The van der Waals surface area contributed by atoms with Crippen LogP contribution in [0.1, 0.15) is 16.7 Å². The number of aromatic nitrogens is 1. The molecule has 0 aliphatic heterocycles. The molecule has 0 unspecified atom stereocenters. The molecule has 0 radical (unpaired) electrons. The Morgan fingerprint density at radius 2 is 1.83 bits per heavy atom. The number of aryl methyl sites for hydroxylation is 2. The summed E-state index contributed by atoms with van der Waals surface area (Å²) >= 11 is 0. The van der Waals surface area contributed by atoms with E-state index in [0.29, 0.717) is 11.1 Å². The molecular formula is C21H17N2O+. The number of hydrogen-bond donors (Lipinski definition) is 0. The van der Waals surface area contributed by atoms with Crippen molar-refractivity contribution in [3.05, 3.63) is 65.4 Å². The number of rotatable bonds is 1. The molecule has 0 amide bonds. The quantitative estimate of drug-likeness (QED) is 0.483. The van der Waals surface area contributed by atoms with E-state index in [-0.39, 0.29) is 0 Å². The average Bonchev–Trinajstić information content (AvgIpc) is 2.95. The summed E-state index contributed by atoms with van der Waals surface area (Å²) in [7, 11) is 2.03. The standard InChI is InChI=1S/C21H17N2O/c1-13-11-17-16-8-6-7-15(12-22)20(16)24-21(17)19(14(13)2)18-9-4-5-10-23(18)3/h4-11H,1-3H3/q+1. The minimum Gasteiger partial charge on any atom is -0.454 e. The highest BCUT2D eigenvalue weighted by atomic mass is 16.3. The van der Waals surface area contributed by atoms with Gasteiger partial charge in [0.15, 0.2) is 11.8 Å². The van der Waals surface area contributed by atoms with Gasteiger partial charge in [-0.25, -0.2) is 4.57 Å². The van der Waals surface area contributed by atoms with Gasteiger partial charge in [0, 0.05) is 22.9 Å². The Hall–Kier alpha value is -3.12. The van der Waals surface area contributed by atoms with E-state index in [9.17, 15) is 5.26 Å². The summed E-state index contributed by atoms with van der Waals surface area (Å²) in [5.74, 6) is 0. The summed E-state index contributed by atoms with van der Waals surface area (Å²) in [6.07, 6.45) is 2.03. The van der Waals surface area contributed by atoms with Crippen LogP contribution in [-0.2, 0) is 7.05 Å². The first-order chi connectivity index (χ1) is 11.6. The third-order valence-electron chi connectivity index (χ3n) is 4.74. The minimum absolute atomic E-state index is 0.572. The number of nitrogens with zero attached hydrogens (tertiary/aromatic N) is 2. The van der Waals surface area contributed by atoms with Gasteiger partial charge in [-0.05, 0) is 43.2 Å². The molecule has 2 aromatic heterocycles. The maximum Gasteiger partial charge on any atom is 0.216 e. The number of fused-ring (bicyclic) bond motifs is 3. The lowest BCUT2D eigenvalue weighted by molar-refractivity contribution is -0.660. The number of para-hydroxylation sites is 1. The van der Waals surface area contributed by atoms with Crippen LogP contribution in [0.15, 0.2) is 53.1 Å². The molecule has 116 valence electrons. The molecule has 0 spiro atoms. The predicted molar refractivity (Wildman–Crippen MR) is 94.5 cm³/mol. The van der Waals surface area contributed by atoms with Gasteiger partial charge in [0.2, 0.25) is 5.69 Å². The Morgan fingerprint density at radius 3 is 2.58 bits per heavy atom. The Bertz CT molecular complexity index is 1150. The zero-order valence-corrected chi connectivity index (χ0v) is 13.9. The second-order valence-electron chi connectivity index (χ2n) is 6.16. The van der Waals surface area contributed by atoms with Gasteiger partial charge in [-0.1, -0.05) is 12.1 Å². The fourth-order valence-electron chi connectivity index (χ4n) is 3.34. The van der Waals surface area contributed by atoms with Crippen molar-refractivity contribution in [3.8, 4) is 17.3 Å². The summed E-state index contributed by atoms with van der Waals surface area (Å²) < 4.78 is 8.31. The van der Waals surface area contributed by atoms with Gasteiger partial charge >= 0.3 is 0 Å². The van der Waals surface area contributed by atoms with Gasteiger partial charge in [0.05, 0.1) is 11.1 Å². The Morgan fingerprint density at radius 1 is 1.00 bits per heavy atom. The lowest BCUT2D eigenvalue weighted by atomic mass is 9.96. The Labute approximate surface area is 140 Å². The van der Waals surface area contributed by atoms with Crippen molar-refractivity contribution in [2.75, 3.05) is 0 Å². The van der Waals surface area contributed by atoms with E-state index in [2.05, 4.69) is 36.6 Å². The molecule has 24 heavy (non-hydrogen) atoms. The first-order valence-corrected chi connectivity index (χ1v) is 7.92. The monoisotopic (exact) mass is 313 g/mol. The maximum atomic E-state index is 9.39.